The Morgan fingerprint density at radius 2 is 1.51 bits per heavy atom. The summed E-state index contributed by atoms with van der Waals surface area (Å²) in [7, 11) is 0. The van der Waals surface area contributed by atoms with Gasteiger partial charge in [-0.15, -0.1) is 0 Å². The normalized spacial score (nSPS) is 10.5. The van der Waals surface area contributed by atoms with Gasteiger partial charge in [-0.25, -0.2) is 9.97 Å². The van der Waals surface area contributed by atoms with Crippen LogP contribution in [-0.2, 0) is 0 Å². The van der Waals surface area contributed by atoms with E-state index in [2.05, 4.69) is 30.9 Å². The fraction of sp³-hybridized carbons (Fsp3) is 0.0333. The molecular formula is C30H25N7O2. The number of carbonyl (C=O) groups excluding carboxylic acids is 2. The third-order valence-electron chi connectivity index (χ3n) is 5.97. The minimum atomic E-state index is -0.316. The van der Waals surface area contributed by atoms with Crippen molar-refractivity contribution in [1.82, 2.24) is 15.0 Å². The van der Waals surface area contributed by atoms with Gasteiger partial charge in [-0.2, -0.15) is 0 Å². The highest BCUT2D eigenvalue weighted by Crippen LogP contribution is 2.25. The number of rotatable bonds is 7. The minimum absolute atomic E-state index is 0.307. The van der Waals surface area contributed by atoms with E-state index in [1.54, 1.807) is 67.1 Å². The molecule has 2 aromatic heterocycles. The number of nitrogen functional groups attached to an aromatic ring is 1. The molecule has 9 heteroatoms. The molecule has 5 rings (SSSR count). The maximum absolute atomic E-state index is 12.9. The zero-order valence-electron chi connectivity index (χ0n) is 21.1. The fourth-order valence-electron chi connectivity index (χ4n) is 3.83. The van der Waals surface area contributed by atoms with Gasteiger partial charge in [0.15, 0.2) is 0 Å². The van der Waals surface area contributed by atoms with E-state index in [9.17, 15) is 9.59 Å². The monoisotopic (exact) mass is 515 g/mol. The first-order chi connectivity index (χ1) is 19.0. The van der Waals surface area contributed by atoms with E-state index in [0.29, 0.717) is 34.1 Å². The predicted molar refractivity (Wildman–Crippen MR) is 153 cm³/mol. The zero-order valence-corrected chi connectivity index (χ0v) is 21.1. The standard InChI is InChI=1S/C30H25N7O2/c1-19-8-13-23(17-27(19)37-30-33-16-14-25(36-30)22-5-4-15-32-18-22)34-28(38)20-9-11-21(12-10-20)29(39)35-26-7-3-2-6-24(26)31/h2-18H,31H2,1H3,(H,34,38)(H,35,39)(H,33,36,37). The Morgan fingerprint density at radius 3 is 2.23 bits per heavy atom. The van der Waals surface area contributed by atoms with Gasteiger partial charge in [0, 0.05) is 46.7 Å². The SMILES string of the molecule is Cc1ccc(NC(=O)c2ccc(C(=O)Nc3ccccc3N)cc2)cc1Nc1nccc(-c2cccnc2)n1. The van der Waals surface area contributed by atoms with Crippen molar-refractivity contribution in [3.63, 3.8) is 0 Å². The van der Waals surface area contributed by atoms with Crippen molar-refractivity contribution in [2.75, 3.05) is 21.7 Å². The van der Waals surface area contributed by atoms with Crippen molar-refractivity contribution in [2.45, 2.75) is 6.92 Å². The van der Waals surface area contributed by atoms with E-state index in [4.69, 9.17) is 5.73 Å². The summed E-state index contributed by atoms with van der Waals surface area (Å²) in [6.07, 6.45) is 5.13. The molecule has 0 radical (unpaired) electrons. The molecule has 0 aliphatic heterocycles. The highest BCUT2D eigenvalue weighted by Gasteiger charge is 2.12. The fourth-order valence-corrected chi connectivity index (χ4v) is 3.83. The Morgan fingerprint density at radius 1 is 0.769 bits per heavy atom. The molecule has 5 aromatic rings. The van der Waals surface area contributed by atoms with Crippen molar-refractivity contribution >= 4 is 40.5 Å². The van der Waals surface area contributed by atoms with Gasteiger partial charge in [-0.05, 0) is 79.2 Å². The molecule has 2 amide bonds. The van der Waals surface area contributed by atoms with Gasteiger partial charge in [0.25, 0.3) is 11.8 Å². The number of anilines is 5. The van der Waals surface area contributed by atoms with Crippen molar-refractivity contribution < 1.29 is 9.59 Å². The molecule has 0 saturated carbocycles. The van der Waals surface area contributed by atoms with Crippen LogP contribution in [0.1, 0.15) is 26.3 Å². The van der Waals surface area contributed by atoms with Crippen LogP contribution >= 0.6 is 0 Å². The number of nitrogens with zero attached hydrogens (tertiary/aromatic N) is 3. The van der Waals surface area contributed by atoms with Gasteiger partial charge in [0.05, 0.1) is 17.1 Å². The number of nitrogens with one attached hydrogen (secondary N) is 3. The number of aryl methyl sites for hydroxylation is 1. The zero-order chi connectivity index (χ0) is 27.2. The van der Waals surface area contributed by atoms with E-state index >= 15 is 0 Å². The van der Waals surface area contributed by atoms with Crippen LogP contribution < -0.4 is 21.7 Å². The number of nitrogens with two attached hydrogens (primary N) is 1. The number of hydrogen-bond acceptors (Lipinski definition) is 7. The van der Waals surface area contributed by atoms with Crippen LogP contribution in [0.15, 0.2) is 104 Å². The lowest BCUT2D eigenvalue weighted by Gasteiger charge is -2.12. The average Bonchev–Trinajstić information content (AvgIpc) is 2.97. The molecular weight excluding hydrogens is 490 g/mol. The van der Waals surface area contributed by atoms with E-state index in [1.807, 2.05) is 43.3 Å². The molecule has 5 N–H and O–H groups in total. The maximum atomic E-state index is 12.9. The number of benzene rings is 3. The number of carbonyl (C=O) groups is 2. The minimum Gasteiger partial charge on any atom is -0.397 e. The Balaban J connectivity index is 1.26. The van der Waals surface area contributed by atoms with E-state index in [0.717, 1.165) is 22.5 Å². The lowest BCUT2D eigenvalue weighted by atomic mass is 10.1. The van der Waals surface area contributed by atoms with Crippen LogP contribution in [0.3, 0.4) is 0 Å². The van der Waals surface area contributed by atoms with Gasteiger partial charge >= 0.3 is 0 Å². The summed E-state index contributed by atoms with van der Waals surface area (Å²) in [6, 6.07) is 24.5. The van der Waals surface area contributed by atoms with Gasteiger partial charge < -0.3 is 21.7 Å². The summed E-state index contributed by atoms with van der Waals surface area (Å²) in [4.78, 5) is 38.5. The van der Waals surface area contributed by atoms with Crippen LogP contribution in [0.2, 0.25) is 0 Å². The van der Waals surface area contributed by atoms with Crippen LogP contribution in [-0.4, -0.2) is 26.8 Å². The molecule has 0 spiro atoms. The second-order valence-electron chi connectivity index (χ2n) is 8.73. The summed E-state index contributed by atoms with van der Waals surface area (Å²) in [6.45, 7) is 1.95. The number of para-hydroxylation sites is 2. The molecule has 192 valence electrons. The summed E-state index contributed by atoms with van der Waals surface area (Å²) in [5.74, 6) is -0.197. The van der Waals surface area contributed by atoms with Crippen LogP contribution in [0.25, 0.3) is 11.3 Å². The largest absolute Gasteiger partial charge is 0.397 e. The van der Waals surface area contributed by atoms with Crippen LogP contribution in [0.4, 0.5) is 28.7 Å². The molecule has 0 fully saturated rings. The second kappa shape index (κ2) is 11.2. The Labute approximate surface area is 225 Å². The van der Waals surface area contributed by atoms with Crippen molar-refractivity contribution in [3.8, 4) is 11.3 Å². The van der Waals surface area contributed by atoms with Crippen molar-refractivity contribution in [2.24, 2.45) is 0 Å². The Hall–Kier alpha value is -5.57. The third-order valence-corrected chi connectivity index (χ3v) is 5.97. The second-order valence-corrected chi connectivity index (χ2v) is 8.73. The van der Waals surface area contributed by atoms with E-state index in [-0.39, 0.29) is 11.8 Å². The summed E-state index contributed by atoms with van der Waals surface area (Å²) in [5.41, 5.74) is 11.6. The summed E-state index contributed by atoms with van der Waals surface area (Å²) >= 11 is 0. The first-order valence-corrected chi connectivity index (χ1v) is 12.1. The van der Waals surface area contributed by atoms with Crippen molar-refractivity contribution in [1.29, 1.82) is 0 Å². The molecule has 0 saturated heterocycles. The Bertz CT molecular complexity index is 1640. The summed E-state index contributed by atoms with van der Waals surface area (Å²) < 4.78 is 0. The van der Waals surface area contributed by atoms with Crippen molar-refractivity contribution in [3.05, 3.63) is 120 Å². The highest BCUT2D eigenvalue weighted by molar-refractivity contribution is 6.08. The molecule has 3 aromatic carbocycles. The molecule has 39 heavy (non-hydrogen) atoms. The molecule has 9 nitrogen and oxygen atoms in total. The predicted octanol–water partition coefficient (Wildman–Crippen LogP) is 5.68. The molecule has 0 unspecified atom stereocenters. The van der Waals surface area contributed by atoms with Gasteiger partial charge in [0.1, 0.15) is 0 Å². The topological polar surface area (TPSA) is 135 Å². The highest BCUT2D eigenvalue weighted by atomic mass is 16.2. The first kappa shape index (κ1) is 25.1. The third kappa shape index (κ3) is 6.05. The first-order valence-electron chi connectivity index (χ1n) is 12.1. The molecule has 0 aliphatic carbocycles. The molecule has 0 bridgehead atoms. The number of aromatic nitrogens is 3. The number of amides is 2. The molecule has 0 aliphatic rings. The lowest BCUT2D eigenvalue weighted by molar-refractivity contribution is 0.101. The number of hydrogen-bond donors (Lipinski definition) is 4. The van der Waals surface area contributed by atoms with E-state index < -0.39 is 0 Å². The smallest absolute Gasteiger partial charge is 0.255 e. The number of pyridine rings is 1. The van der Waals surface area contributed by atoms with Gasteiger partial charge in [0.2, 0.25) is 5.95 Å². The molecule has 0 atom stereocenters. The lowest BCUT2D eigenvalue weighted by Crippen LogP contribution is -2.15. The van der Waals surface area contributed by atoms with Gasteiger partial charge in [-0.1, -0.05) is 18.2 Å². The van der Waals surface area contributed by atoms with Gasteiger partial charge in [-0.3, -0.25) is 14.6 Å². The van der Waals surface area contributed by atoms with Crippen LogP contribution in [0.5, 0.6) is 0 Å². The average molecular weight is 516 g/mol. The quantitative estimate of drug-likeness (QED) is 0.205. The Kier molecular flexibility index (Phi) is 7.22. The summed E-state index contributed by atoms with van der Waals surface area (Å²) in [5, 5.41) is 8.91. The van der Waals surface area contributed by atoms with Crippen LogP contribution in [0, 0.1) is 6.92 Å². The van der Waals surface area contributed by atoms with E-state index in [1.165, 1.54) is 0 Å². The maximum Gasteiger partial charge on any atom is 0.255 e. The molecule has 2 heterocycles.